The van der Waals surface area contributed by atoms with Gasteiger partial charge in [0, 0.05) is 11.8 Å². The molecule has 2 N–H and O–H groups in total. The summed E-state index contributed by atoms with van der Waals surface area (Å²) in [5.74, 6) is -1.69. The minimum atomic E-state index is -0.959. The van der Waals surface area contributed by atoms with Crippen molar-refractivity contribution in [2.24, 2.45) is 0 Å². The Labute approximate surface area is 98.2 Å². The second-order valence-electron chi connectivity index (χ2n) is 3.06. The Balaban J connectivity index is 2.75. The molecule has 92 valence electrons. The predicted octanol–water partition coefficient (Wildman–Crippen LogP) is 0.902. The van der Waals surface area contributed by atoms with E-state index in [1.807, 2.05) is 0 Å². The van der Waals surface area contributed by atoms with E-state index < -0.39 is 11.9 Å². The number of aromatic hydroxyl groups is 1. The van der Waals surface area contributed by atoms with Crippen LogP contribution in [0.3, 0.4) is 0 Å². The molecule has 0 radical (unpaired) electrons. The van der Waals surface area contributed by atoms with E-state index in [0.717, 1.165) is 0 Å². The lowest BCUT2D eigenvalue weighted by atomic mass is 10.2. The van der Waals surface area contributed by atoms with E-state index in [2.05, 4.69) is 10.1 Å². The molecule has 6 heteroatoms. The molecule has 0 saturated heterocycles. The molecule has 0 aliphatic rings. The maximum absolute atomic E-state index is 11.3. The summed E-state index contributed by atoms with van der Waals surface area (Å²) in [6.45, 7) is 1.74. The highest BCUT2D eigenvalue weighted by Crippen LogP contribution is 2.28. The number of nitrogens with one attached hydrogen (secondary N) is 1. The average molecular weight is 239 g/mol. The monoisotopic (exact) mass is 239 g/mol. The van der Waals surface area contributed by atoms with Gasteiger partial charge in [0.25, 0.3) is 0 Å². The molecule has 0 aliphatic heterocycles. The Morgan fingerprint density at radius 3 is 2.71 bits per heavy atom. The summed E-state index contributed by atoms with van der Waals surface area (Å²) in [5, 5.41) is 11.7. The van der Waals surface area contributed by atoms with Crippen LogP contribution in [-0.4, -0.2) is 30.7 Å². The maximum atomic E-state index is 11.3. The van der Waals surface area contributed by atoms with Gasteiger partial charge in [-0.3, -0.25) is 4.79 Å². The SMILES string of the molecule is CCOC(=O)C(=O)Nc1ccc(O)c(OC)c1. The molecule has 0 unspecified atom stereocenters. The number of carbonyl (C=O) groups excluding carboxylic acids is 2. The van der Waals surface area contributed by atoms with Gasteiger partial charge in [-0.15, -0.1) is 0 Å². The Morgan fingerprint density at radius 1 is 1.41 bits per heavy atom. The first-order valence-corrected chi connectivity index (χ1v) is 4.93. The van der Waals surface area contributed by atoms with Crippen LogP contribution in [0.25, 0.3) is 0 Å². The standard InChI is InChI=1S/C11H13NO5/c1-3-17-11(15)10(14)12-7-4-5-8(13)9(6-7)16-2/h4-6,13H,3H2,1-2H3,(H,12,14). The zero-order valence-corrected chi connectivity index (χ0v) is 9.52. The smallest absolute Gasteiger partial charge is 0.397 e. The quantitative estimate of drug-likeness (QED) is 0.465. The summed E-state index contributed by atoms with van der Waals surface area (Å²) in [6, 6.07) is 4.18. The molecule has 17 heavy (non-hydrogen) atoms. The average Bonchev–Trinajstić information content (AvgIpc) is 2.31. The summed E-state index contributed by atoms with van der Waals surface area (Å²) in [7, 11) is 1.38. The topological polar surface area (TPSA) is 84.9 Å². The van der Waals surface area contributed by atoms with Crippen LogP contribution in [0.15, 0.2) is 18.2 Å². The second kappa shape index (κ2) is 5.74. The van der Waals surface area contributed by atoms with E-state index in [0.29, 0.717) is 5.69 Å². The van der Waals surface area contributed by atoms with Gasteiger partial charge < -0.3 is 19.9 Å². The third-order valence-electron chi connectivity index (χ3n) is 1.90. The van der Waals surface area contributed by atoms with Crippen molar-refractivity contribution >= 4 is 17.6 Å². The molecule has 0 atom stereocenters. The lowest BCUT2D eigenvalue weighted by Gasteiger charge is -2.07. The third kappa shape index (κ3) is 3.37. The number of carbonyl (C=O) groups is 2. The van der Waals surface area contributed by atoms with Crippen molar-refractivity contribution in [3.63, 3.8) is 0 Å². The van der Waals surface area contributed by atoms with Crippen molar-refractivity contribution in [3.05, 3.63) is 18.2 Å². The van der Waals surface area contributed by atoms with Gasteiger partial charge in [-0.2, -0.15) is 0 Å². The number of esters is 1. The minimum absolute atomic E-state index is 0.0540. The fourth-order valence-electron chi connectivity index (χ4n) is 1.13. The first-order chi connectivity index (χ1) is 8.08. The molecule has 0 fully saturated rings. The fraction of sp³-hybridized carbons (Fsp3) is 0.273. The van der Waals surface area contributed by atoms with Crippen molar-refractivity contribution in [2.75, 3.05) is 19.0 Å². The number of anilines is 1. The minimum Gasteiger partial charge on any atom is -0.504 e. The summed E-state index contributed by atoms with van der Waals surface area (Å²) >= 11 is 0. The van der Waals surface area contributed by atoms with Gasteiger partial charge >= 0.3 is 11.9 Å². The first-order valence-electron chi connectivity index (χ1n) is 4.93. The van der Waals surface area contributed by atoms with Gasteiger partial charge in [0.15, 0.2) is 11.5 Å². The molecule has 1 amide bonds. The van der Waals surface area contributed by atoms with Crippen molar-refractivity contribution in [2.45, 2.75) is 6.92 Å². The molecular weight excluding hydrogens is 226 g/mol. The lowest BCUT2D eigenvalue weighted by molar-refractivity contribution is -0.152. The largest absolute Gasteiger partial charge is 0.504 e. The molecule has 0 aliphatic carbocycles. The molecule has 0 bridgehead atoms. The van der Waals surface area contributed by atoms with E-state index >= 15 is 0 Å². The van der Waals surface area contributed by atoms with E-state index in [-0.39, 0.29) is 18.1 Å². The molecule has 1 rings (SSSR count). The highest BCUT2D eigenvalue weighted by molar-refractivity contribution is 6.37. The van der Waals surface area contributed by atoms with Crippen molar-refractivity contribution in [3.8, 4) is 11.5 Å². The van der Waals surface area contributed by atoms with Crippen LogP contribution in [-0.2, 0) is 14.3 Å². The van der Waals surface area contributed by atoms with E-state index in [4.69, 9.17) is 4.74 Å². The van der Waals surface area contributed by atoms with Gasteiger partial charge in [-0.25, -0.2) is 4.79 Å². The van der Waals surface area contributed by atoms with Crippen molar-refractivity contribution in [1.29, 1.82) is 0 Å². The number of methoxy groups -OCH3 is 1. The molecule has 0 spiro atoms. The molecule has 0 heterocycles. The van der Waals surface area contributed by atoms with Crippen LogP contribution >= 0.6 is 0 Å². The van der Waals surface area contributed by atoms with Gasteiger partial charge in [0.1, 0.15) is 0 Å². The Hall–Kier alpha value is -2.24. The van der Waals surface area contributed by atoms with Crippen LogP contribution in [0.2, 0.25) is 0 Å². The maximum Gasteiger partial charge on any atom is 0.397 e. The number of amides is 1. The molecule has 1 aromatic carbocycles. The van der Waals surface area contributed by atoms with E-state index in [1.54, 1.807) is 6.92 Å². The van der Waals surface area contributed by atoms with Crippen molar-refractivity contribution in [1.82, 2.24) is 0 Å². The van der Waals surface area contributed by atoms with Crippen LogP contribution in [0, 0.1) is 0 Å². The van der Waals surface area contributed by atoms with Crippen LogP contribution < -0.4 is 10.1 Å². The zero-order chi connectivity index (χ0) is 12.8. The molecule has 0 aromatic heterocycles. The molecular formula is C11H13NO5. The molecule has 0 saturated carbocycles. The number of ether oxygens (including phenoxy) is 2. The zero-order valence-electron chi connectivity index (χ0n) is 9.52. The first kappa shape index (κ1) is 12.8. The van der Waals surface area contributed by atoms with Gasteiger partial charge in [-0.1, -0.05) is 0 Å². The van der Waals surface area contributed by atoms with Crippen LogP contribution in [0.5, 0.6) is 11.5 Å². The highest BCUT2D eigenvalue weighted by Gasteiger charge is 2.15. The number of rotatable bonds is 3. The Bertz CT molecular complexity index is 430. The molecule has 1 aromatic rings. The summed E-state index contributed by atoms with van der Waals surface area (Å²) in [4.78, 5) is 22.4. The number of hydrogen-bond donors (Lipinski definition) is 2. The summed E-state index contributed by atoms with van der Waals surface area (Å²) in [5.41, 5.74) is 0.331. The number of phenolic OH excluding ortho intramolecular Hbond substituents is 1. The predicted molar refractivity (Wildman–Crippen MR) is 59.9 cm³/mol. The number of hydrogen-bond acceptors (Lipinski definition) is 5. The van der Waals surface area contributed by atoms with Gasteiger partial charge in [0.2, 0.25) is 0 Å². The summed E-state index contributed by atoms with van der Waals surface area (Å²) in [6.07, 6.45) is 0. The van der Waals surface area contributed by atoms with Crippen LogP contribution in [0.4, 0.5) is 5.69 Å². The lowest BCUT2D eigenvalue weighted by Crippen LogP contribution is -2.24. The number of benzene rings is 1. The Kier molecular flexibility index (Phi) is 4.33. The van der Waals surface area contributed by atoms with E-state index in [1.165, 1.54) is 25.3 Å². The van der Waals surface area contributed by atoms with Crippen molar-refractivity contribution < 1.29 is 24.2 Å². The highest BCUT2D eigenvalue weighted by atomic mass is 16.5. The third-order valence-corrected chi connectivity index (χ3v) is 1.90. The normalized spacial score (nSPS) is 9.53. The Morgan fingerprint density at radius 2 is 2.12 bits per heavy atom. The fourth-order valence-corrected chi connectivity index (χ4v) is 1.13. The van der Waals surface area contributed by atoms with Gasteiger partial charge in [-0.05, 0) is 19.1 Å². The summed E-state index contributed by atoms with van der Waals surface area (Å²) < 4.78 is 9.38. The van der Waals surface area contributed by atoms with Crippen LogP contribution in [0.1, 0.15) is 6.92 Å². The van der Waals surface area contributed by atoms with Gasteiger partial charge in [0.05, 0.1) is 13.7 Å². The molecule has 6 nitrogen and oxygen atoms in total. The van der Waals surface area contributed by atoms with E-state index in [9.17, 15) is 14.7 Å². The number of phenols is 1. The second-order valence-corrected chi connectivity index (χ2v) is 3.06.